The van der Waals surface area contributed by atoms with Crippen molar-refractivity contribution in [1.29, 1.82) is 0 Å². The van der Waals surface area contributed by atoms with Crippen LogP contribution in [0.1, 0.15) is 25.7 Å². The number of aliphatic carboxylic acids is 1. The number of amides is 2. The van der Waals surface area contributed by atoms with E-state index in [1.54, 1.807) is 25.1 Å². The molecule has 2 atom stereocenters. The summed E-state index contributed by atoms with van der Waals surface area (Å²) in [5, 5.41) is 39.6. The number of hydrogen-bond acceptors (Lipinski definition) is 8. The highest BCUT2D eigenvalue weighted by Gasteiger charge is 2.37. The number of carbonyl (C=O) groups excluding carboxylic acids is 2. The van der Waals surface area contributed by atoms with Crippen LogP contribution in [0.4, 0.5) is 0 Å². The molecule has 1 unspecified atom stereocenters. The van der Waals surface area contributed by atoms with Crippen LogP contribution in [0.3, 0.4) is 0 Å². The van der Waals surface area contributed by atoms with Crippen LogP contribution in [0.2, 0.25) is 6.32 Å². The van der Waals surface area contributed by atoms with Gasteiger partial charge in [0.25, 0.3) is 0 Å². The minimum atomic E-state index is -1.39. The standard InChI is InChI=1S/C21H34BN3O8/c1-24(2)20(28)17-8-14(10-23-17)9-19(27)25-11-15(12-25)33-18(16(13-26)21(29)30)6-4-3-5-7-22(31)32/h4,6,14-15,17,23,26,31-32H,3,5,7-13H2,1-2H3,(H,29,30)/b6-4-,18-16-/t14-,17?/m0/s1. The zero-order valence-electron chi connectivity index (χ0n) is 19.1. The Morgan fingerprint density at radius 2 is 1.94 bits per heavy atom. The van der Waals surface area contributed by atoms with E-state index in [-0.39, 0.29) is 41.4 Å². The maximum atomic E-state index is 12.6. The lowest BCUT2D eigenvalue weighted by molar-refractivity contribution is -0.143. The van der Waals surface area contributed by atoms with Gasteiger partial charge in [0.1, 0.15) is 17.4 Å². The van der Waals surface area contributed by atoms with Crippen molar-refractivity contribution in [1.82, 2.24) is 15.1 Å². The third-order valence-corrected chi connectivity index (χ3v) is 5.73. The van der Waals surface area contributed by atoms with E-state index in [9.17, 15) is 24.6 Å². The highest BCUT2D eigenvalue weighted by Crippen LogP contribution is 2.24. The first-order valence-electron chi connectivity index (χ1n) is 11.1. The van der Waals surface area contributed by atoms with Gasteiger partial charge in [-0.05, 0) is 37.7 Å². The Kier molecular flexibility index (Phi) is 10.4. The van der Waals surface area contributed by atoms with Crippen molar-refractivity contribution < 1.29 is 39.4 Å². The Morgan fingerprint density at radius 3 is 2.52 bits per heavy atom. The molecule has 2 aliphatic rings. The molecule has 33 heavy (non-hydrogen) atoms. The van der Waals surface area contributed by atoms with E-state index in [0.717, 1.165) is 0 Å². The molecular formula is C21H34BN3O8. The number of hydrogen-bond donors (Lipinski definition) is 5. The van der Waals surface area contributed by atoms with Crippen LogP contribution in [-0.2, 0) is 19.1 Å². The molecule has 2 amide bonds. The fraction of sp³-hybridized carbons (Fsp3) is 0.667. The van der Waals surface area contributed by atoms with Gasteiger partial charge in [-0.15, -0.1) is 0 Å². The summed E-state index contributed by atoms with van der Waals surface area (Å²) >= 11 is 0. The number of unbranched alkanes of at least 4 members (excludes halogenated alkanes) is 1. The zero-order valence-corrected chi connectivity index (χ0v) is 19.1. The molecule has 0 aliphatic carbocycles. The van der Waals surface area contributed by atoms with Gasteiger partial charge in [0.2, 0.25) is 11.8 Å². The second-order valence-corrected chi connectivity index (χ2v) is 8.66. The number of carboxylic acid groups (broad SMARTS) is 1. The van der Waals surface area contributed by atoms with Crippen LogP contribution in [0.5, 0.6) is 0 Å². The monoisotopic (exact) mass is 467 g/mol. The molecule has 0 radical (unpaired) electrons. The average molecular weight is 467 g/mol. The van der Waals surface area contributed by atoms with E-state index in [0.29, 0.717) is 45.3 Å². The van der Waals surface area contributed by atoms with Crippen LogP contribution in [-0.4, -0.2) is 107 Å². The Morgan fingerprint density at radius 1 is 1.24 bits per heavy atom. The van der Waals surface area contributed by atoms with Crippen LogP contribution in [0, 0.1) is 5.92 Å². The van der Waals surface area contributed by atoms with Crippen molar-refractivity contribution in [3.8, 4) is 0 Å². The summed E-state index contributed by atoms with van der Waals surface area (Å²) in [6, 6.07) is -0.265. The first-order valence-corrected chi connectivity index (χ1v) is 11.1. The fourth-order valence-electron chi connectivity index (χ4n) is 3.81. The van der Waals surface area contributed by atoms with E-state index in [1.807, 2.05) is 0 Å². The van der Waals surface area contributed by atoms with Crippen LogP contribution in [0.15, 0.2) is 23.5 Å². The molecule has 184 valence electrons. The van der Waals surface area contributed by atoms with Gasteiger partial charge < -0.3 is 40.1 Å². The summed E-state index contributed by atoms with van der Waals surface area (Å²) in [6.45, 7) is 0.519. The van der Waals surface area contributed by atoms with E-state index in [2.05, 4.69) is 5.32 Å². The summed E-state index contributed by atoms with van der Waals surface area (Å²) < 4.78 is 5.75. The van der Waals surface area contributed by atoms with Crippen molar-refractivity contribution in [2.45, 2.75) is 44.1 Å². The van der Waals surface area contributed by atoms with Crippen molar-refractivity contribution in [2.75, 3.05) is 40.3 Å². The number of nitrogens with zero attached hydrogens (tertiary/aromatic N) is 2. The van der Waals surface area contributed by atoms with Crippen LogP contribution in [0.25, 0.3) is 0 Å². The summed E-state index contributed by atoms with van der Waals surface area (Å²) in [6.07, 6.45) is 4.81. The molecule has 0 spiro atoms. The van der Waals surface area contributed by atoms with Crippen molar-refractivity contribution in [3.05, 3.63) is 23.5 Å². The Labute approximate surface area is 193 Å². The van der Waals surface area contributed by atoms with Gasteiger partial charge in [-0.2, -0.15) is 0 Å². The number of allylic oxidation sites excluding steroid dienone is 2. The Balaban J connectivity index is 1.84. The van der Waals surface area contributed by atoms with E-state index < -0.39 is 25.8 Å². The lowest BCUT2D eigenvalue weighted by atomic mass is 9.84. The zero-order chi connectivity index (χ0) is 24.5. The molecule has 5 N–H and O–H groups in total. The Bertz CT molecular complexity index is 765. The number of carbonyl (C=O) groups is 3. The molecule has 2 saturated heterocycles. The smallest absolute Gasteiger partial charge is 0.451 e. The third-order valence-electron chi connectivity index (χ3n) is 5.73. The minimum absolute atomic E-state index is 0.000363. The predicted molar refractivity (Wildman–Crippen MR) is 120 cm³/mol. The topological polar surface area (TPSA) is 160 Å². The van der Waals surface area contributed by atoms with Crippen molar-refractivity contribution in [2.24, 2.45) is 5.92 Å². The van der Waals surface area contributed by atoms with Crippen LogP contribution >= 0.6 is 0 Å². The van der Waals surface area contributed by atoms with Gasteiger partial charge in [-0.3, -0.25) is 9.59 Å². The second-order valence-electron chi connectivity index (χ2n) is 8.66. The number of aliphatic hydroxyl groups excluding tert-OH is 1. The summed E-state index contributed by atoms with van der Waals surface area (Å²) in [4.78, 5) is 39.2. The number of carboxylic acids is 1. The minimum Gasteiger partial charge on any atom is -0.486 e. The van der Waals surface area contributed by atoms with Gasteiger partial charge >= 0.3 is 13.1 Å². The average Bonchev–Trinajstić information content (AvgIpc) is 3.16. The summed E-state index contributed by atoms with van der Waals surface area (Å²) in [5.74, 6) is -1.23. The third kappa shape index (κ3) is 8.15. The highest BCUT2D eigenvalue weighted by atomic mass is 16.5. The van der Waals surface area contributed by atoms with Crippen LogP contribution < -0.4 is 5.32 Å². The van der Waals surface area contributed by atoms with Gasteiger partial charge in [0, 0.05) is 20.5 Å². The van der Waals surface area contributed by atoms with E-state index in [1.165, 1.54) is 11.0 Å². The number of likely N-dealkylation sites (tertiary alicyclic amines) is 1. The largest absolute Gasteiger partial charge is 0.486 e. The first-order chi connectivity index (χ1) is 15.6. The number of likely N-dealkylation sites (N-methyl/N-ethyl adjacent to an activating group) is 1. The molecule has 0 aromatic heterocycles. The predicted octanol–water partition coefficient (Wildman–Crippen LogP) is -1.19. The molecule has 2 rings (SSSR count). The van der Waals surface area contributed by atoms with Gasteiger partial charge in [0.05, 0.1) is 25.7 Å². The molecule has 0 bridgehead atoms. The maximum Gasteiger partial charge on any atom is 0.451 e. The molecule has 12 heteroatoms. The number of ether oxygens (including phenoxy) is 1. The SMILES string of the molecule is CN(C)C(=O)C1C[C@@H](CC(=O)N2CC(OC(/C=C\CCCB(O)O)=C(/CO)C(=O)O)C2)CN1. The Hall–Kier alpha value is -2.41. The number of aliphatic hydroxyl groups is 1. The molecule has 11 nitrogen and oxygen atoms in total. The van der Waals surface area contributed by atoms with E-state index >= 15 is 0 Å². The second kappa shape index (κ2) is 12.7. The summed E-state index contributed by atoms with van der Waals surface area (Å²) in [7, 11) is 2.01. The molecule has 2 fully saturated rings. The normalized spacial score (nSPS) is 21.5. The lowest BCUT2D eigenvalue weighted by Gasteiger charge is -2.39. The maximum absolute atomic E-state index is 12.6. The van der Waals surface area contributed by atoms with Gasteiger partial charge in [-0.25, -0.2) is 4.79 Å². The summed E-state index contributed by atoms with van der Waals surface area (Å²) in [5.41, 5.74) is -0.285. The van der Waals surface area contributed by atoms with Gasteiger partial charge in [-0.1, -0.05) is 12.5 Å². The number of nitrogens with one attached hydrogen (secondary N) is 1. The molecular weight excluding hydrogens is 433 g/mol. The molecule has 0 aromatic rings. The molecule has 0 saturated carbocycles. The van der Waals surface area contributed by atoms with Crippen molar-refractivity contribution in [3.63, 3.8) is 0 Å². The molecule has 0 aromatic carbocycles. The fourth-order valence-corrected chi connectivity index (χ4v) is 3.81. The van der Waals surface area contributed by atoms with E-state index in [4.69, 9.17) is 14.8 Å². The quantitative estimate of drug-likeness (QED) is 0.0782. The lowest BCUT2D eigenvalue weighted by Crippen LogP contribution is -2.55. The van der Waals surface area contributed by atoms with Gasteiger partial charge in [0.15, 0.2) is 0 Å². The molecule has 2 aliphatic heterocycles. The number of rotatable bonds is 12. The first kappa shape index (κ1) is 26.8. The highest BCUT2D eigenvalue weighted by molar-refractivity contribution is 6.40. The molecule has 2 heterocycles. The van der Waals surface area contributed by atoms with Crippen molar-refractivity contribution >= 4 is 24.9 Å².